The van der Waals surface area contributed by atoms with Crippen LogP contribution in [-0.2, 0) is 21.9 Å². The lowest BCUT2D eigenvalue weighted by Gasteiger charge is -2.29. The fourth-order valence-electron chi connectivity index (χ4n) is 3.87. The zero-order chi connectivity index (χ0) is 32.2. The summed E-state index contributed by atoms with van der Waals surface area (Å²) in [6.45, 7) is 6.66. The summed E-state index contributed by atoms with van der Waals surface area (Å²) in [5, 5.41) is 29.0. The van der Waals surface area contributed by atoms with Crippen molar-refractivity contribution < 1.29 is 50.2 Å². The highest BCUT2D eigenvalue weighted by atomic mass is 19.4. The van der Waals surface area contributed by atoms with Crippen molar-refractivity contribution in [1.29, 1.82) is 0 Å². The number of carbonyl (C=O) groups excluding carboxylic acids is 2. The summed E-state index contributed by atoms with van der Waals surface area (Å²) < 4.78 is 90.8. The van der Waals surface area contributed by atoms with Crippen LogP contribution in [0.1, 0.15) is 70.1 Å². The first-order valence-corrected chi connectivity index (χ1v) is 13.0. The highest BCUT2D eigenvalue weighted by molar-refractivity contribution is 5.94. The molecule has 0 aliphatic heterocycles. The van der Waals surface area contributed by atoms with E-state index in [-0.39, 0.29) is 18.3 Å². The summed E-state index contributed by atoms with van der Waals surface area (Å²) >= 11 is 0. The number of carbonyl (C=O) groups is 2. The fraction of sp³-hybridized carbons (Fsp3) is 0.500. The minimum Gasteiger partial charge on any atom is -0.436 e. The zero-order valence-electron chi connectivity index (χ0n) is 23.4. The number of ether oxygens (including phenoxy) is 1. The molecule has 1 aromatic carbocycles. The fourth-order valence-corrected chi connectivity index (χ4v) is 3.87. The SMILES string of the molecule is CCCC[C@H](NC(=O)O[C@@H](c1nnc(-c2cc(C(F)(F)F)cc(C(F)(F)F)c2)o1)C(C)(C)C)[C@H](O)C(=O)Nc1ccn[nH]1. The van der Waals surface area contributed by atoms with Gasteiger partial charge in [-0.1, -0.05) is 40.5 Å². The van der Waals surface area contributed by atoms with Crippen molar-refractivity contribution in [2.75, 3.05) is 5.32 Å². The van der Waals surface area contributed by atoms with Crippen molar-refractivity contribution in [3.05, 3.63) is 47.5 Å². The summed E-state index contributed by atoms with van der Waals surface area (Å²) in [6, 6.07) is 1.18. The molecule has 2 heterocycles. The Morgan fingerprint density at radius 2 is 1.67 bits per heavy atom. The third-order valence-electron chi connectivity index (χ3n) is 6.09. The van der Waals surface area contributed by atoms with Crippen molar-refractivity contribution in [3.8, 4) is 11.5 Å². The van der Waals surface area contributed by atoms with Crippen LogP contribution < -0.4 is 10.6 Å². The van der Waals surface area contributed by atoms with E-state index < -0.39 is 76.5 Å². The second-order valence-corrected chi connectivity index (χ2v) is 10.7. The summed E-state index contributed by atoms with van der Waals surface area (Å²) in [6.07, 6.45) is -11.6. The minimum absolute atomic E-state index is 0.0369. The van der Waals surface area contributed by atoms with Gasteiger partial charge in [0.15, 0.2) is 12.2 Å². The third kappa shape index (κ3) is 8.92. The van der Waals surface area contributed by atoms with E-state index in [2.05, 4.69) is 31.0 Å². The number of nitrogens with one attached hydrogen (secondary N) is 3. The quantitative estimate of drug-likeness (QED) is 0.205. The van der Waals surface area contributed by atoms with E-state index in [1.807, 2.05) is 6.92 Å². The van der Waals surface area contributed by atoms with Crippen molar-refractivity contribution >= 4 is 17.8 Å². The van der Waals surface area contributed by atoms with Crippen LogP contribution in [0.3, 0.4) is 0 Å². The number of aliphatic hydroxyl groups is 1. The van der Waals surface area contributed by atoms with Crippen LogP contribution in [0.5, 0.6) is 0 Å². The number of aromatic amines is 1. The molecule has 3 atom stereocenters. The number of rotatable bonds is 10. The molecular formula is C26H30F6N6O5. The molecule has 3 rings (SSSR count). The molecule has 43 heavy (non-hydrogen) atoms. The number of aromatic nitrogens is 4. The average Bonchev–Trinajstić information content (AvgIpc) is 3.60. The first-order valence-electron chi connectivity index (χ1n) is 13.0. The van der Waals surface area contributed by atoms with Crippen molar-refractivity contribution in [2.45, 2.75) is 77.6 Å². The molecule has 0 saturated heterocycles. The lowest BCUT2D eigenvalue weighted by molar-refractivity contribution is -0.143. The maximum absolute atomic E-state index is 13.3. The van der Waals surface area contributed by atoms with Crippen LogP contribution >= 0.6 is 0 Å². The van der Waals surface area contributed by atoms with Crippen LogP contribution in [0.25, 0.3) is 11.5 Å². The number of H-pyrrole nitrogens is 1. The van der Waals surface area contributed by atoms with Crippen molar-refractivity contribution in [2.24, 2.45) is 5.41 Å². The molecule has 0 fully saturated rings. The van der Waals surface area contributed by atoms with E-state index in [0.717, 1.165) is 0 Å². The summed E-state index contributed by atoms with van der Waals surface area (Å²) in [4.78, 5) is 25.5. The first kappa shape index (κ1) is 33.4. The van der Waals surface area contributed by atoms with E-state index in [4.69, 9.17) is 9.15 Å². The Labute approximate surface area is 241 Å². The van der Waals surface area contributed by atoms with Gasteiger partial charge in [-0.05, 0) is 24.6 Å². The Morgan fingerprint density at radius 3 is 2.19 bits per heavy atom. The molecule has 0 aliphatic rings. The molecule has 0 aliphatic carbocycles. The summed E-state index contributed by atoms with van der Waals surface area (Å²) in [5.41, 5.74) is -4.77. The number of aliphatic hydroxyl groups excluding tert-OH is 1. The molecule has 0 unspecified atom stereocenters. The van der Waals surface area contributed by atoms with Gasteiger partial charge in [-0.25, -0.2) is 4.79 Å². The predicted octanol–water partition coefficient (Wildman–Crippen LogP) is 5.87. The molecule has 0 saturated carbocycles. The number of anilines is 1. The number of halogens is 6. The molecule has 11 nitrogen and oxygen atoms in total. The number of hydrogen-bond donors (Lipinski definition) is 4. The molecule has 0 bridgehead atoms. The van der Waals surface area contributed by atoms with E-state index in [1.54, 1.807) is 20.8 Å². The van der Waals surface area contributed by atoms with E-state index >= 15 is 0 Å². The number of alkyl halides is 6. The van der Waals surface area contributed by atoms with Gasteiger partial charge in [0.05, 0.1) is 23.4 Å². The van der Waals surface area contributed by atoms with Crippen LogP contribution in [-0.4, -0.2) is 49.6 Å². The zero-order valence-corrected chi connectivity index (χ0v) is 23.4. The number of benzene rings is 1. The number of hydrogen-bond acceptors (Lipinski definition) is 8. The van der Waals surface area contributed by atoms with E-state index in [0.29, 0.717) is 25.0 Å². The number of nitrogens with zero attached hydrogens (tertiary/aromatic N) is 3. The Bertz CT molecular complexity index is 1350. The second kappa shape index (κ2) is 13.0. The topological polar surface area (TPSA) is 155 Å². The normalized spacial score (nSPS) is 14.6. The predicted molar refractivity (Wildman–Crippen MR) is 138 cm³/mol. The van der Waals surface area contributed by atoms with Gasteiger partial charge in [0.2, 0.25) is 5.89 Å². The van der Waals surface area contributed by atoms with E-state index in [1.165, 1.54) is 12.3 Å². The Balaban J connectivity index is 1.85. The van der Waals surface area contributed by atoms with Gasteiger partial charge < -0.3 is 24.9 Å². The minimum atomic E-state index is -5.10. The molecule has 3 aromatic rings. The number of amides is 2. The lowest BCUT2D eigenvalue weighted by atomic mass is 9.89. The van der Waals surface area contributed by atoms with E-state index in [9.17, 15) is 41.0 Å². The summed E-state index contributed by atoms with van der Waals surface area (Å²) in [5.74, 6) is -1.70. The Hall–Kier alpha value is -4.15. The van der Waals surface area contributed by atoms with Gasteiger partial charge in [0.1, 0.15) is 5.82 Å². The highest BCUT2D eigenvalue weighted by Gasteiger charge is 2.39. The number of unbranched alkanes of at least 4 members (excludes halogenated alkanes) is 1. The molecule has 236 valence electrons. The van der Waals surface area contributed by atoms with Gasteiger partial charge in [0, 0.05) is 17.0 Å². The monoisotopic (exact) mass is 620 g/mol. The van der Waals surface area contributed by atoms with Crippen LogP contribution in [0.2, 0.25) is 0 Å². The molecule has 4 N–H and O–H groups in total. The van der Waals surface area contributed by atoms with Crippen molar-refractivity contribution in [3.63, 3.8) is 0 Å². The Morgan fingerprint density at radius 1 is 1.05 bits per heavy atom. The molecule has 2 amide bonds. The van der Waals surface area contributed by atoms with Crippen LogP contribution in [0, 0.1) is 5.41 Å². The summed E-state index contributed by atoms with van der Waals surface area (Å²) in [7, 11) is 0. The standard InChI is InChI=1S/C26H30F6N6O5/c1-5-6-7-16(18(39)20(40)35-17-8-9-33-36-17)34-23(41)42-19(24(2,3)4)22-38-37-21(43-22)13-10-14(25(27,28)29)12-15(11-13)26(30,31)32/h8-12,16,18-19,39H,5-7H2,1-4H3,(H,34,41)(H2,33,35,36,40)/t16-,18-,19-/m0/s1. The van der Waals surface area contributed by atoms with Gasteiger partial charge in [-0.2, -0.15) is 31.4 Å². The molecular weight excluding hydrogens is 590 g/mol. The number of alkyl carbamates (subject to hydrolysis) is 1. The average molecular weight is 621 g/mol. The lowest BCUT2D eigenvalue weighted by Crippen LogP contribution is -2.49. The molecule has 0 radical (unpaired) electrons. The molecule has 0 spiro atoms. The molecule has 17 heteroatoms. The highest BCUT2D eigenvalue weighted by Crippen LogP contribution is 2.40. The van der Waals surface area contributed by atoms with Gasteiger partial charge in [-0.15, -0.1) is 10.2 Å². The van der Waals surface area contributed by atoms with Crippen LogP contribution in [0.15, 0.2) is 34.9 Å². The van der Waals surface area contributed by atoms with Gasteiger partial charge >= 0.3 is 18.4 Å². The first-order chi connectivity index (χ1) is 19.9. The van der Waals surface area contributed by atoms with Gasteiger partial charge in [0.25, 0.3) is 11.8 Å². The maximum Gasteiger partial charge on any atom is 0.416 e. The molecule has 2 aromatic heterocycles. The maximum atomic E-state index is 13.3. The largest absolute Gasteiger partial charge is 0.436 e. The Kier molecular flexibility index (Phi) is 10.1. The second-order valence-electron chi connectivity index (χ2n) is 10.7. The van der Waals surface area contributed by atoms with Gasteiger partial charge in [-0.3, -0.25) is 9.89 Å². The third-order valence-corrected chi connectivity index (χ3v) is 6.09. The smallest absolute Gasteiger partial charge is 0.416 e. The van der Waals surface area contributed by atoms with Crippen LogP contribution in [0.4, 0.5) is 37.0 Å². The van der Waals surface area contributed by atoms with Crippen molar-refractivity contribution in [1.82, 2.24) is 25.7 Å².